The van der Waals surface area contributed by atoms with E-state index in [9.17, 15) is 0 Å². The average Bonchev–Trinajstić information content (AvgIpc) is 2.78. The second-order valence-electron chi connectivity index (χ2n) is 7.15. The molecule has 0 saturated carbocycles. The predicted octanol–water partition coefficient (Wildman–Crippen LogP) is 5.70. The Morgan fingerprint density at radius 3 is 1.90 bits per heavy atom. The van der Waals surface area contributed by atoms with E-state index in [2.05, 4.69) is 37.3 Å². The van der Waals surface area contributed by atoms with Crippen molar-refractivity contribution < 1.29 is 0 Å². The van der Waals surface area contributed by atoms with Crippen LogP contribution in [0.5, 0.6) is 0 Å². The van der Waals surface area contributed by atoms with E-state index in [1.54, 1.807) is 5.01 Å². The van der Waals surface area contributed by atoms with Gasteiger partial charge in [-0.05, 0) is 54.2 Å². The molecular weight excluding hydrogens is 380 g/mol. The van der Waals surface area contributed by atoms with Gasteiger partial charge < -0.3 is 11.1 Å². The Hall–Kier alpha value is -3.21. The third-order valence-corrected chi connectivity index (χ3v) is 4.69. The molecule has 4 heteroatoms. The minimum Gasteiger partial charge on any atom is -0.398 e. The van der Waals surface area contributed by atoms with E-state index < -0.39 is 0 Å². The summed E-state index contributed by atoms with van der Waals surface area (Å²) in [5.74, 6) is 5.12. The minimum atomic E-state index is 0.876. The maximum absolute atomic E-state index is 7.10. The van der Waals surface area contributed by atoms with Crippen LogP contribution in [-0.2, 0) is 6.42 Å². The third-order valence-electron chi connectivity index (χ3n) is 4.69. The highest BCUT2D eigenvalue weighted by Gasteiger charge is 2.01. The normalized spacial score (nSPS) is 10.1. The lowest BCUT2D eigenvalue weighted by Crippen LogP contribution is -2.24. The van der Waals surface area contributed by atoms with Crippen molar-refractivity contribution in [3.63, 3.8) is 0 Å². The number of nitrogen functional groups attached to an aromatic ring is 1. The molecule has 3 rings (SSSR count). The molecule has 0 aliphatic heterocycles. The van der Waals surface area contributed by atoms with Crippen molar-refractivity contribution in [3.05, 3.63) is 107 Å². The van der Waals surface area contributed by atoms with Crippen LogP contribution in [0.3, 0.4) is 0 Å². The molecule has 31 heavy (non-hydrogen) atoms. The number of nitrogens with zero attached hydrogens (tertiary/aromatic N) is 1. The van der Waals surface area contributed by atoms with E-state index in [0.29, 0.717) is 0 Å². The predicted molar refractivity (Wildman–Crippen MR) is 136 cm³/mol. The highest BCUT2D eigenvalue weighted by Crippen LogP contribution is 2.18. The standard InChI is InChI=1S/C14H15N.C10H11N.C3H10N2/c1-11-6-2-3-7-12(11)10-13-8-4-5-9-14(13)15;1-2-5-9-6-3-4-7-10(9)8-11;1-3-5(2)4/h2-9H,10,15H2,1H3;2-8,11H,1H3;3-4H2,1-2H3/b;5-2-,11-8?;. The van der Waals surface area contributed by atoms with Crippen LogP contribution in [-0.4, -0.2) is 24.8 Å². The summed E-state index contributed by atoms with van der Waals surface area (Å²) in [4.78, 5) is 0. The first-order valence-electron chi connectivity index (χ1n) is 10.5. The minimum absolute atomic E-state index is 0.876. The van der Waals surface area contributed by atoms with Gasteiger partial charge in [-0.1, -0.05) is 85.8 Å². The van der Waals surface area contributed by atoms with Gasteiger partial charge in [0.15, 0.2) is 0 Å². The molecule has 5 N–H and O–H groups in total. The highest BCUT2D eigenvalue weighted by molar-refractivity contribution is 5.83. The fraction of sp³-hybridized carbons (Fsp3) is 0.222. The average molecular weight is 417 g/mol. The Labute approximate surface area is 187 Å². The van der Waals surface area contributed by atoms with Crippen molar-refractivity contribution in [2.24, 2.45) is 5.84 Å². The summed E-state index contributed by atoms with van der Waals surface area (Å²) in [5.41, 5.74) is 12.7. The number of hydrogen-bond donors (Lipinski definition) is 3. The van der Waals surface area contributed by atoms with Crippen molar-refractivity contribution >= 4 is 18.0 Å². The molecule has 0 unspecified atom stereocenters. The SMILES string of the molecule is C/C=C\c1ccccc1C=N.CCN(C)N.Cc1ccccc1Cc1ccccc1N. The van der Waals surface area contributed by atoms with Gasteiger partial charge in [-0.25, -0.2) is 0 Å². The molecule has 164 valence electrons. The summed E-state index contributed by atoms with van der Waals surface area (Å²) < 4.78 is 0. The zero-order valence-corrected chi connectivity index (χ0v) is 19.2. The number of benzene rings is 3. The molecule has 3 aromatic carbocycles. The van der Waals surface area contributed by atoms with Crippen LogP contribution in [0.15, 0.2) is 78.9 Å². The number of para-hydroxylation sites is 1. The molecule has 0 bridgehead atoms. The summed E-state index contributed by atoms with van der Waals surface area (Å²) in [6, 6.07) is 24.3. The van der Waals surface area contributed by atoms with Crippen molar-refractivity contribution in [2.75, 3.05) is 19.3 Å². The molecule has 0 aliphatic carbocycles. The van der Waals surface area contributed by atoms with Gasteiger partial charge in [0, 0.05) is 25.5 Å². The van der Waals surface area contributed by atoms with Gasteiger partial charge in [0.05, 0.1) is 0 Å². The Morgan fingerprint density at radius 2 is 1.39 bits per heavy atom. The Bertz CT molecular complexity index is 902. The van der Waals surface area contributed by atoms with Gasteiger partial charge in [-0.3, -0.25) is 10.9 Å². The Kier molecular flexibility index (Phi) is 12.3. The second-order valence-corrected chi connectivity index (χ2v) is 7.15. The number of nitrogens with two attached hydrogens (primary N) is 2. The number of nitrogens with one attached hydrogen (secondary N) is 1. The van der Waals surface area contributed by atoms with Crippen molar-refractivity contribution in [1.82, 2.24) is 5.01 Å². The molecule has 0 saturated heterocycles. The maximum Gasteiger partial charge on any atom is 0.0349 e. The summed E-state index contributed by atoms with van der Waals surface area (Å²) in [6.07, 6.45) is 6.26. The summed E-state index contributed by atoms with van der Waals surface area (Å²) in [5, 5.41) is 8.73. The van der Waals surface area contributed by atoms with Crippen molar-refractivity contribution in [3.8, 4) is 0 Å². The van der Waals surface area contributed by atoms with Gasteiger partial charge >= 0.3 is 0 Å². The molecule has 0 atom stereocenters. The molecule has 0 amide bonds. The summed E-state index contributed by atoms with van der Waals surface area (Å²) in [6.45, 7) is 7.02. The Balaban J connectivity index is 0.000000264. The molecule has 3 aromatic rings. The number of hydrogen-bond acceptors (Lipinski definition) is 4. The largest absolute Gasteiger partial charge is 0.398 e. The fourth-order valence-corrected chi connectivity index (χ4v) is 2.68. The van der Waals surface area contributed by atoms with E-state index in [-0.39, 0.29) is 0 Å². The van der Waals surface area contributed by atoms with Crippen LogP contribution < -0.4 is 11.6 Å². The van der Waals surface area contributed by atoms with E-state index in [0.717, 1.165) is 29.8 Å². The second kappa shape index (κ2) is 14.7. The molecule has 0 aromatic heterocycles. The number of aryl methyl sites for hydroxylation is 1. The first kappa shape index (κ1) is 25.8. The number of anilines is 1. The van der Waals surface area contributed by atoms with E-state index in [1.165, 1.54) is 22.9 Å². The van der Waals surface area contributed by atoms with Crippen LogP contribution in [0, 0.1) is 12.3 Å². The lowest BCUT2D eigenvalue weighted by atomic mass is 10.00. The molecule has 0 heterocycles. The summed E-state index contributed by atoms with van der Waals surface area (Å²) in [7, 11) is 1.83. The van der Waals surface area contributed by atoms with Crippen LogP contribution in [0.1, 0.15) is 41.7 Å². The molecule has 0 radical (unpaired) electrons. The fourth-order valence-electron chi connectivity index (χ4n) is 2.68. The molecule has 4 nitrogen and oxygen atoms in total. The van der Waals surface area contributed by atoms with Crippen LogP contribution in [0.25, 0.3) is 6.08 Å². The van der Waals surface area contributed by atoms with Gasteiger partial charge in [-0.15, -0.1) is 0 Å². The smallest absolute Gasteiger partial charge is 0.0349 e. The molecule has 0 fully saturated rings. The van der Waals surface area contributed by atoms with Crippen molar-refractivity contribution in [1.29, 1.82) is 5.41 Å². The maximum atomic E-state index is 7.10. The number of rotatable bonds is 5. The zero-order valence-electron chi connectivity index (χ0n) is 19.2. The molecular formula is C27H36N4. The van der Waals surface area contributed by atoms with Crippen LogP contribution >= 0.6 is 0 Å². The quantitative estimate of drug-likeness (QED) is 0.216. The Morgan fingerprint density at radius 1 is 0.871 bits per heavy atom. The zero-order chi connectivity index (χ0) is 23.1. The lowest BCUT2D eigenvalue weighted by molar-refractivity contribution is 0.370. The topological polar surface area (TPSA) is 79.1 Å². The van der Waals surface area contributed by atoms with Gasteiger partial charge in [-0.2, -0.15) is 0 Å². The number of hydrazine groups is 1. The first-order valence-corrected chi connectivity index (χ1v) is 10.5. The number of allylic oxidation sites excluding steroid dienone is 1. The van der Waals surface area contributed by atoms with Crippen LogP contribution in [0.2, 0.25) is 0 Å². The molecule has 0 spiro atoms. The van der Waals surface area contributed by atoms with Gasteiger partial charge in [0.1, 0.15) is 0 Å². The molecule has 0 aliphatic rings. The van der Waals surface area contributed by atoms with Crippen molar-refractivity contribution in [2.45, 2.75) is 27.2 Å². The third kappa shape index (κ3) is 9.90. The van der Waals surface area contributed by atoms with E-state index in [4.69, 9.17) is 17.0 Å². The van der Waals surface area contributed by atoms with E-state index >= 15 is 0 Å². The monoisotopic (exact) mass is 416 g/mol. The van der Waals surface area contributed by atoms with Gasteiger partial charge in [0.2, 0.25) is 0 Å². The summed E-state index contributed by atoms with van der Waals surface area (Å²) >= 11 is 0. The highest BCUT2D eigenvalue weighted by atomic mass is 15.4. The lowest BCUT2D eigenvalue weighted by Gasteiger charge is -2.07. The van der Waals surface area contributed by atoms with E-state index in [1.807, 2.05) is 75.5 Å². The van der Waals surface area contributed by atoms with Gasteiger partial charge in [0.25, 0.3) is 0 Å². The van der Waals surface area contributed by atoms with Crippen LogP contribution in [0.4, 0.5) is 5.69 Å². The first-order chi connectivity index (χ1) is 14.9.